The van der Waals surface area contributed by atoms with Crippen molar-refractivity contribution in [2.24, 2.45) is 7.05 Å². The van der Waals surface area contributed by atoms with Crippen LogP contribution in [0.2, 0.25) is 0 Å². The summed E-state index contributed by atoms with van der Waals surface area (Å²) in [5.74, 6) is -2.10. The van der Waals surface area contributed by atoms with E-state index in [1.807, 2.05) is 0 Å². The van der Waals surface area contributed by atoms with E-state index < -0.39 is 17.5 Å². The predicted octanol–water partition coefficient (Wildman–Crippen LogP) is 2.30. The van der Waals surface area contributed by atoms with E-state index >= 15 is 0 Å². The third kappa shape index (κ3) is 2.58. The van der Waals surface area contributed by atoms with Crippen LogP contribution in [0.25, 0.3) is 0 Å². The quantitative estimate of drug-likeness (QED) is 0.830. The second-order valence-electron chi connectivity index (χ2n) is 3.77. The summed E-state index contributed by atoms with van der Waals surface area (Å²) in [5.41, 5.74) is 5.59. The number of nitrogens with zero attached hydrogens (tertiary/aromatic N) is 2. The van der Waals surface area contributed by atoms with E-state index in [0.29, 0.717) is 6.07 Å². The molecule has 3 N–H and O–H groups in total. The number of amides is 1. The van der Waals surface area contributed by atoms with Crippen LogP contribution in [0.5, 0.6) is 0 Å². The van der Waals surface area contributed by atoms with Gasteiger partial charge >= 0.3 is 0 Å². The fraction of sp³-hybridized carbons (Fsp3) is 0.0909. The van der Waals surface area contributed by atoms with Crippen molar-refractivity contribution >= 4 is 33.3 Å². The fourth-order valence-corrected chi connectivity index (χ4v) is 1.77. The normalized spacial score (nSPS) is 10.5. The average molecular weight is 331 g/mol. The molecule has 0 aliphatic heterocycles. The first-order chi connectivity index (χ1) is 8.90. The molecule has 1 aromatic heterocycles. The monoisotopic (exact) mass is 330 g/mol. The Labute approximate surface area is 115 Å². The number of halogens is 3. The van der Waals surface area contributed by atoms with Crippen molar-refractivity contribution in [2.45, 2.75) is 0 Å². The molecule has 0 atom stereocenters. The highest BCUT2D eigenvalue weighted by Gasteiger charge is 2.16. The third-order valence-electron chi connectivity index (χ3n) is 2.49. The van der Waals surface area contributed by atoms with Gasteiger partial charge in [0.05, 0.1) is 16.4 Å². The van der Waals surface area contributed by atoms with Gasteiger partial charge in [-0.2, -0.15) is 5.10 Å². The molecule has 5 nitrogen and oxygen atoms in total. The van der Waals surface area contributed by atoms with Crippen molar-refractivity contribution in [1.29, 1.82) is 0 Å². The van der Waals surface area contributed by atoms with Crippen molar-refractivity contribution in [1.82, 2.24) is 9.78 Å². The van der Waals surface area contributed by atoms with Crippen molar-refractivity contribution < 1.29 is 13.6 Å². The highest BCUT2D eigenvalue weighted by atomic mass is 79.9. The number of nitrogens with one attached hydrogen (secondary N) is 1. The first-order valence-corrected chi connectivity index (χ1v) is 5.93. The molecule has 100 valence electrons. The molecule has 1 aromatic carbocycles. The van der Waals surface area contributed by atoms with E-state index in [9.17, 15) is 13.6 Å². The summed E-state index contributed by atoms with van der Waals surface area (Å²) in [6.07, 6.45) is 1.27. The zero-order valence-electron chi connectivity index (χ0n) is 9.75. The molecule has 0 unspecified atom stereocenters. The molecule has 0 aliphatic carbocycles. The number of aryl methyl sites for hydroxylation is 1. The lowest BCUT2D eigenvalue weighted by atomic mass is 10.2. The average Bonchev–Trinajstić information content (AvgIpc) is 2.67. The molecule has 2 rings (SSSR count). The molecule has 0 aliphatic rings. The van der Waals surface area contributed by atoms with Crippen molar-refractivity contribution in [3.8, 4) is 0 Å². The molecule has 0 fully saturated rings. The molecule has 0 saturated carbocycles. The van der Waals surface area contributed by atoms with Gasteiger partial charge in [0.15, 0.2) is 0 Å². The SMILES string of the molecule is Cn1ncc(C(=O)Nc2cc(Br)c(F)cc2F)c1N. The highest BCUT2D eigenvalue weighted by molar-refractivity contribution is 9.10. The number of aromatic nitrogens is 2. The van der Waals surface area contributed by atoms with Crippen LogP contribution in [0.1, 0.15) is 10.4 Å². The number of anilines is 2. The molecule has 0 radical (unpaired) electrons. The number of carbonyl (C=O) groups is 1. The van der Waals surface area contributed by atoms with Gasteiger partial charge in [-0.1, -0.05) is 0 Å². The first-order valence-electron chi connectivity index (χ1n) is 5.13. The number of nitrogens with two attached hydrogens (primary N) is 1. The van der Waals surface area contributed by atoms with E-state index in [4.69, 9.17) is 5.73 Å². The maximum atomic E-state index is 13.5. The molecule has 0 saturated heterocycles. The number of rotatable bonds is 2. The van der Waals surface area contributed by atoms with Crippen LogP contribution in [-0.4, -0.2) is 15.7 Å². The zero-order chi connectivity index (χ0) is 14.2. The van der Waals surface area contributed by atoms with Crippen molar-refractivity contribution in [2.75, 3.05) is 11.1 Å². The number of nitrogen functional groups attached to an aromatic ring is 1. The van der Waals surface area contributed by atoms with E-state index in [0.717, 1.165) is 6.07 Å². The lowest BCUT2D eigenvalue weighted by Gasteiger charge is -2.07. The minimum Gasteiger partial charge on any atom is -0.383 e. The van der Waals surface area contributed by atoms with Crippen molar-refractivity contribution in [3.05, 3.63) is 40.0 Å². The van der Waals surface area contributed by atoms with Gasteiger partial charge < -0.3 is 11.1 Å². The summed E-state index contributed by atoms with van der Waals surface area (Å²) in [7, 11) is 1.57. The largest absolute Gasteiger partial charge is 0.383 e. The smallest absolute Gasteiger partial charge is 0.261 e. The maximum Gasteiger partial charge on any atom is 0.261 e. The van der Waals surface area contributed by atoms with E-state index in [2.05, 4.69) is 26.3 Å². The maximum absolute atomic E-state index is 13.5. The first kappa shape index (κ1) is 13.5. The Bertz CT molecular complexity index is 656. The lowest BCUT2D eigenvalue weighted by molar-refractivity contribution is 0.102. The van der Waals surface area contributed by atoms with Crippen LogP contribution >= 0.6 is 15.9 Å². The van der Waals surface area contributed by atoms with Gasteiger partial charge in [-0.05, 0) is 22.0 Å². The summed E-state index contributed by atoms with van der Waals surface area (Å²) in [5, 5.41) is 6.11. The number of benzene rings is 1. The summed E-state index contributed by atoms with van der Waals surface area (Å²) in [4.78, 5) is 11.9. The Hall–Kier alpha value is -1.96. The Morgan fingerprint density at radius 3 is 2.68 bits per heavy atom. The standard InChI is InChI=1S/C11H9BrF2N4O/c1-18-10(15)5(4-16-18)11(19)17-9-2-6(12)7(13)3-8(9)14/h2-4H,15H2,1H3,(H,17,19). The topological polar surface area (TPSA) is 72.9 Å². The number of hydrogen-bond donors (Lipinski definition) is 2. The van der Waals surface area contributed by atoms with Crippen LogP contribution in [0.15, 0.2) is 22.8 Å². The molecule has 8 heteroatoms. The van der Waals surface area contributed by atoms with E-state index in [-0.39, 0.29) is 21.5 Å². The van der Waals surface area contributed by atoms with Crippen LogP contribution < -0.4 is 11.1 Å². The van der Waals surface area contributed by atoms with Gasteiger partial charge in [0.25, 0.3) is 5.91 Å². The minimum absolute atomic E-state index is 0.0448. The van der Waals surface area contributed by atoms with Gasteiger partial charge in [0, 0.05) is 13.1 Å². The minimum atomic E-state index is -0.878. The number of hydrogen-bond acceptors (Lipinski definition) is 3. The van der Waals surface area contributed by atoms with Crippen LogP contribution in [0.4, 0.5) is 20.3 Å². The third-order valence-corrected chi connectivity index (χ3v) is 3.10. The molecular formula is C11H9BrF2N4O. The molecule has 1 amide bonds. The lowest BCUT2D eigenvalue weighted by Crippen LogP contribution is -2.15. The summed E-state index contributed by atoms with van der Waals surface area (Å²) in [6.45, 7) is 0. The molecule has 0 spiro atoms. The Kier molecular flexibility index (Phi) is 3.52. The molecule has 1 heterocycles. The van der Waals surface area contributed by atoms with Gasteiger partial charge in [0.1, 0.15) is 23.0 Å². The second-order valence-corrected chi connectivity index (χ2v) is 4.62. The Morgan fingerprint density at radius 2 is 2.11 bits per heavy atom. The van der Waals surface area contributed by atoms with Crippen LogP contribution in [0.3, 0.4) is 0 Å². The Balaban J connectivity index is 2.29. The predicted molar refractivity (Wildman–Crippen MR) is 69.6 cm³/mol. The van der Waals surface area contributed by atoms with Gasteiger partial charge in [-0.15, -0.1) is 0 Å². The van der Waals surface area contributed by atoms with Gasteiger partial charge in [-0.25, -0.2) is 8.78 Å². The second kappa shape index (κ2) is 4.96. The van der Waals surface area contributed by atoms with Crippen LogP contribution in [0, 0.1) is 11.6 Å². The van der Waals surface area contributed by atoms with E-state index in [1.54, 1.807) is 7.05 Å². The zero-order valence-corrected chi connectivity index (χ0v) is 11.3. The van der Waals surface area contributed by atoms with Gasteiger partial charge in [0.2, 0.25) is 0 Å². The molecule has 0 bridgehead atoms. The molecular weight excluding hydrogens is 322 g/mol. The van der Waals surface area contributed by atoms with Crippen molar-refractivity contribution in [3.63, 3.8) is 0 Å². The fourth-order valence-electron chi connectivity index (χ4n) is 1.43. The highest BCUT2D eigenvalue weighted by Crippen LogP contribution is 2.24. The van der Waals surface area contributed by atoms with Crippen LogP contribution in [-0.2, 0) is 7.05 Å². The Morgan fingerprint density at radius 1 is 1.42 bits per heavy atom. The summed E-state index contributed by atoms with van der Waals surface area (Å²) >= 11 is 2.91. The molecule has 2 aromatic rings. The van der Waals surface area contributed by atoms with Gasteiger partial charge in [-0.3, -0.25) is 9.48 Å². The molecule has 19 heavy (non-hydrogen) atoms. The summed E-state index contributed by atoms with van der Waals surface area (Å²) in [6, 6.07) is 1.81. The van der Waals surface area contributed by atoms with E-state index in [1.165, 1.54) is 10.9 Å². The summed E-state index contributed by atoms with van der Waals surface area (Å²) < 4.78 is 27.9. The number of carbonyl (C=O) groups excluding carboxylic acids is 1.